The van der Waals surface area contributed by atoms with Crippen LogP contribution in [0.4, 0.5) is 4.79 Å². The van der Waals surface area contributed by atoms with Crippen LogP contribution in [0.15, 0.2) is 33.6 Å². The molecule has 132 valence electrons. The van der Waals surface area contributed by atoms with E-state index in [9.17, 15) is 18.3 Å². The van der Waals surface area contributed by atoms with E-state index in [2.05, 4.69) is 15.9 Å². The molecule has 0 saturated carbocycles. The third-order valence-corrected chi connectivity index (χ3v) is 8.27. The Labute approximate surface area is 150 Å². The lowest BCUT2D eigenvalue weighted by atomic mass is 9.73. The van der Waals surface area contributed by atoms with Gasteiger partial charge in [-0.1, -0.05) is 32.9 Å². The van der Waals surface area contributed by atoms with Gasteiger partial charge in [0.2, 0.25) is 10.0 Å². The fraction of sp³-hybridized carbons (Fsp3) is 0.562. The molecule has 2 bridgehead atoms. The smallest absolute Gasteiger partial charge is 0.407 e. The molecule has 1 N–H and O–H groups in total. The molecule has 0 spiro atoms. The number of benzene rings is 1. The van der Waals surface area contributed by atoms with E-state index in [-0.39, 0.29) is 29.4 Å². The average Bonchev–Trinajstić information content (AvgIpc) is 3.04. The first-order chi connectivity index (χ1) is 11.0. The summed E-state index contributed by atoms with van der Waals surface area (Å²) in [6.07, 6.45) is -0.447. The monoisotopic (exact) mass is 416 g/mol. The highest BCUT2D eigenvalue weighted by Crippen LogP contribution is 2.51. The predicted molar refractivity (Wildman–Crippen MR) is 93.4 cm³/mol. The van der Waals surface area contributed by atoms with Crippen LogP contribution in [0.2, 0.25) is 0 Å². The Morgan fingerprint density at radius 2 is 1.96 bits per heavy atom. The van der Waals surface area contributed by atoms with Crippen LogP contribution in [0.25, 0.3) is 0 Å². The highest BCUT2D eigenvalue weighted by molar-refractivity contribution is 9.10. The van der Waals surface area contributed by atoms with Crippen molar-refractivity contribution in [3.8, 4) is 0 Å². The molecule has 2 heterocycles. The second-order valence-electron chi connectivity index (χ2n) is 7.51. The van der Waals surface area contributed by atoms with E-state index < -0.39 is 21.7 Å². The Bertz CT molecular complexity index is 790. The molecular formula is C16H21BrN2O4S. The van der Waals surface area contributed by atoms with Crippen molar-refractivity contribution in [1.82, 2.24) is 9.21 Å². The molecular weight excluding hydrogens is 396 g/mol. The van der Waals surface area contributed by atoms with E-state index in [0.29, 0.717) is 10.9 Å². The first kappa shape index (κ1) is 17.7. The molecule has 3 rings (SSSR count). The molecule has 0 radical (unpaired) electrons. The lowest BCUT2D eigenvalue weighted by molar-refractivity contribution is 0.0184. The molecule has 0 unspecified atom stereocenters. The van der Waals surface area contributed by atoms with E-state index in [1.54, 1.807) is 24.3 Å². The van der Waals surface area contributed by atoms with Gasteiger partial charge in [0.05, 0.1) is 10.4 Å². The summed E-state index contributed by atoms with van der Waals surface area (Å²) < 4.78 is 28.2. The minimum absolute atomic E-state index is 0.192. The lowest BCUT2D eigenvalue weighted by Gasteiger charge is -2.48. The van der Waals surface area contributed by atoms with Gasteiger partial charge in [-0.05, 0) is 39.9 Å². The molecule has 2 aliphatic heterocycles. The maximum atomic E-state index is 13.1. The first-order valence-electron chi connectivity index (χ1n) is 7.78. The lowest BCUT2D eigenvalue weighted by Crippen LogP contribution is -2.62. The van der Waals surface area contributed by atoms with Gasteiger partial charge in [0.1, 0.15) is 0 Å². The van der Waals surface area contributed by atoms with Gasteiger partial charge in [0, 0.05) is 23.6 Å². The van der Waals surface area contributed by atoms with Crippen LogP contribution in [-0.2, 0) is 10.0 Å². The SMILES string of the molecule is CC(C)(C)[C@]12C[C@@H](CN1C(=O)O)N(S(=O)(=O)c1ccccc1Br)C2. The third-order valence-electron chi connectivity index (χ3n) is 5.36. The number of halogens is 1. The minimum Gasteiger partial charge on any atom is -0.465 e. The van der Waals surface area contributed by atoms with Crippen molar-refractivity contribution in [1.29, 1.82) is 0 Å². The van der Waals surface area contributed by atoms with Gasteiger partial charge >= 0.3 is 6.09 Å². The normalized spacial score (nSPS) is 27.7. The van der Waals surface area contributed by atoms with E-state index >= 15 is 0 Å². The molecule has 6 nitrogen and oxygen atoms in total. The van der Waals surface area contributed by atoms with E-state index in [0.717, 1.165) is 0 Å². The summed E-state index contributed by atoms with van der Waals surface area (Å²) in [6.45, 7) is 6.33. The van der Waals surface area contributed by atoms with Gasteiger partial charge in [-0.2, -0.15) is 4.31 Å². The van der Waals surface area contributed by atoms with Gasteiger partial charge in [-0.15, -0.1) is 0 Å². The van der Waals surface area contributed by atoms with Crippen LogP contribution < -0.4 is 0 Å². The minimum atomic E-state index is -3.68. The number of fused-ring (bicyclic) bond motifs is 2. The number of likely N-dealkylation sites (tertiary alicyclic amines) is 1. The molecule has 0 aromatic heterocycles. The molecule has 1 amide bonds. The summed E-state index contributed by atoms with van der Waals surface area (Å²) in [5, 5.41) is 9.56. The number of rotatable bonds is 2. The second kappa shape index (κ2) is 5.44. The number of carboxylic acid groups (broad SMARTS) is 1. The van der Waals surface area contributed by atoms with Crippen LogP contribution in [0.1, 0.15) is 27.2 Å². The zero-order valence-electron chi connectivity index (χ0n) is 13.9. The van der Waals surface area contributed by atoms with Crippen molar-refractivity contribution in [2.75, 3.05) is 13.1 Å². The largest absolute Gasteiger partial charge is 0.465 e. The maximum Gasteiger partial charge on any atom is 0.407 e. The van der Waals surface area contributed by atoms with Crippen molar-refractivity contribution in [2.24, 2.45) is 5.41 Å². The Morgan fingerprint density at radius 1 is 1.33 bits per heavy atom. The summed E-state index contributed by atoms with van der Waals surface area (Å²) in [5.74, 6) is 0. The number of sulfonamides is 1. The standard InChI is InChI=1S/C16H21BrN2O4S/c1-15(2,3)16-8-11(9-18(16)14(20)21)19(10-16)24(22,23)13-7-5-4-6-12(13)17/h4-7,11H,8-10H2,1-3H3,(H,20,21)/t11-,16+/m0/s1. The number of amides is 1. The zero-order chi connectivity index (χ0) is 17.9. The first-order valence-corrected chi connectivity index (χ1v) is 10.0. The number of carbonyl (C=O) groups is 1. The molecule has 2 saturated heterocycles. The summed E-state index contributed by atoms with van der Waals surface area (Å²) in [4.78, 5) is 13.3. The molecule has 2 fully saturated rings. The van der Waals surface area contributed by atoms with Gasteiger partial charge in [0.15, 0.2) is 0 Å². The highest BCUT2D eigenvalue weighted by Gasteiger charge is 2.64. The van der Waals surface area contributed by atoms with Gasteiger partial charge in [-0.25, -0.2) is 13.2 Å². The fourth-order valence-electron chi connectivity index (χ4n) is 3.95. The Kier molecular flexibility index (Phi) is 4.01. The van der Waals surface area contributed by atoms with Crippen molar-refractivity contribution >= 4 is 32.0 Å². The topological polar surface area (TPSA) is 77.9 Å². The average molecular weight is 417 g/mol. The number of hydrogen-bond acceptors (Lipinski definition) is 3. The van der Waals surface area contributed by atoms with Gasteiger partial charge in [-0.3, -0.25) is 4.90 Å². The third kappa shape index (κ3) is 2.38. The quantitative estimate of drug-likeness (QED) is 0.803. The summed E-state index contributed by atoms with van der Waals surface area (Å²) in [5.41, 5.74) is -1.06. The maximum absolute atomic E-state index is 13.1. The molecule has 2 aliphatic rings. The number of piperazine rings is 1. The Balaban J connectivity index is 2.03. The van der Waals surface area contributed by atoms with Crippen molar-refractivity contribution in [2.45, 2.75) is 43.7 Å². The van der Waals surface area contributed by atoms with Gasteiger partial charge < -0.3 is 5.11 Å². The van der Waals surface area contributed by atoms with Crippen LogP contribution in [-0.4, -0.2) is 53.5 Å². The molecule has 0 aliphatic carbocycles. The number of hydrogen-bond donors (Lipinski definition) is 1. The molecule has 1 aromatic carbocycles. The van der Waals surface area contributed by atoms with Crippen LogP contribution in [0.3, 0.4) is 0 Å². The van der Waals surface area contributed by atoms with Crippen LogP contribution >= 0.6 is 15.9 Å². The van der Waals surface area contributed by atoms with Crippen molar-refractivity contribution in [3.05, 3.63) is 28.7 Å². The summed E-state index contributed by atoms with van der Waals surface area (Å²) >= 11 is 3.31. The molecule has 2 atom stereocenters. The fourth-order valence-corrected chi connectivity index (χ4v) is 6.58. The van der Waals surface area contributed by atoms with Crippen LogP contribution in [0, 0.1) is 5.41 Å². The van der Waals surface area contributed by atoms with Gasteiger partial charge in [0.25, 0.3) is 0 Å². The van der Waals surface area contributed by atoms with E-state index in [1.807, 2.05) is 20.8 Å². The van der Waals surface area contributed by atoms with Crippen LogP contribution in [0.5, 0.6) is 0 Å². The molecule has 24 heavy (non-hydrogen) atoms. The van der Waals surface area contributed by atoms with E-state index in [4.69, 9.17) is 0 Å². The van der Waals surface area contributed by atoms with Crippen molar-refractivity contribution in [3.63, 3.8) is 0 Å². The highest BCUT2D eigenvalue weighted by atomic mass is 79.9. The van der Waals surface area contributed by atoms with Crippen molar-refractivity contribution < 1.29 is 18.3 Å². The summed E-state index contributed by atoms with van der Waals surface area (Å²) in [6, 6.07) is 6.41. The predicted octanol–water partition coefficient (Wildman–Crippen LogP) is 2.99. The molecule has 1 aromatic rings. The van der Waals surface area contributed by atoms with E-state index in [1.165, 1.54) is 9.21 Å². The second-order valence-corrected chi connectivity index (χ2v) is 10.2. The Morgan fingerprint density at radius 3 is 2.50 bits per heavy atom. The number of nitrogens with zero attached hydrogens (tertiary/aromatic N) is 2. The zero-order valence-corrected chi connectivity index (χ0v) is 16.3. The molecule has 8 heteroatoms. The summed E-state index contributed by atoms with van der Waals surface area (Å²) in [7, 11) is -3.68. The Hall–Kier alpha value is -1.12.